The minimum Gasteiger partial charge on any atom is -0.342 e. The Balaban J connectivity index is 0.000000158. The van der Waals surface area contributed by atoms with Gasteiger partial charge in [0.15, 0.2) is 0 Å². The maximum Gasteiger partial charge on any atom is 0.0542 e. The van der Waals surface area contributed by atoms with E-state index in [2.05, 4.69) is 456 Å². The van der Waals surface area contributed by atoms with Crippen molar-refractivity contribution in [3.8, 4) is 11.4 Å². The van der Waals surface area contributed by atoms with Crippen molar-refractivity contribution in [3.63, 3.8) is 0 Å². The Bertz CT molecular complexity index is 6820. The number of anilines is 12. The fraction of sp³-hybridized carbons (Fsp3) is 0.135. The summed E-state index contributed by atoms with van der Waals surface area (Å²) in [5.41, 5.74) is 21.5. The zero-order valence-electron chi connectivity index (χ0n) is 68.7. The third-order valence-electron chi connectivity index (χ3n) is 24.1. The first-order valence-corrected chi connectivity index (χ1v) is 42.7. The van der Waals surface area contributed by atoms with Gasteiger partial charge in [0, 0.05) is 140 Å². The Kier molecular flexibility index (Phi) is 20.7. The molecule has 18 aromatic carbocycles. The molecule has 0 bridgehead atoms. The Morgan fingerprint density at radius 3 is 0.580 bits per heavy atom. The van der Waals surface area contributed by atoms with Crippen molar-refractivity contribution in [3.05, 3.63) is 376 Å². The normalized spacial score (nSPS) is 11.6. The van der Waals surface area contributed by atoms with Crippen molar-refractivity contribution in [1.82, 2.24) is 9.13 Å². The predicted molar refractivity (Wildman–Crippen MR) is 515 cm³/mol. The van der Waals surface area contributed by atoms with E-state index in [1.165, 1.54) is 176 Å². The summed E-state index contributed by atoms with van der Waals surface area (Å²) in [5, 5.41) is 20.1. The van der Waals surface area contributed by atoms with Gasteiger partial charge in [-0.1, -0.05) is 203 Å². The first-order chi connectivity index (χ1) is 58.7. The van der Waals surface area contributed by atoms with Crippen LogP contribution in [0.3, 0.4) is 0 Å². The van der Waals surface area contributed by atoms with E-state index in [-0.39, 0.29) is 0 Å². The zero-order chi connectivity index (χ0) is 80.5. The molecule has 0 fully saturated rings. The van der Waals surface area contributed by atoms with Gasteiger partial charge in [-0.15, -0.1) is 0 Å². The third-order valence-corrected chi connectivity index (χ3v) is 24.1. The topological polar surface area (TPSA) is 29.3 Å². The first-order valence-electron chi connectivity index (χ1n) is 42.7. The Hall–Kier alpha value is -14.1. The van der Waals surface area contributed by atoms with E-state index in [9.17, 15) is 0 Å². The molecule has 0 radical (unpaired) electrons. The van der Waals surface area contributed by atoms with Gasteiger partial charge in [0.2, 0.25) is 0 Å². The van der Waals surface area contributed by atoms with Crippen LogP contribution in [0.15, 0.2) is 376 Å². The van der Waals surface area contributed by atoms with Gasteiger partial charge >= 0.3 is 0 Å². The number of fused-ring (bicyclic) bond motifs is 12. The molecule has 0 saturated heterocycles. The fourth-order valence-corrected chi connectivity index (χ4v) is 18.3. The molecule has 0 aliphatic heterocycles. The smallest absolute Gasteiger partial charge is 0.0542 e. The molecule has 0 unspecified atom stereocenters. The molecule has 2 heterocycles. The molecule has 0 spiro atoms. The van der Waals surface area contributed by atoms with E-state index in [4.69, 9.17) is 0 Å². The summed E-state index contributed by atoms with van der Waals surface area (Å²) in [4.78, 5) is 14.7. The minimum atomic E-state index is 0.853. The molecule has 0 aliphatic rings. The molecule has 8 heteroatoms. The van der Waals surface area contributed by atoms with Gasteiger partial charge in [-0.05, 0) is 299 Å². The number of hydrogen-bond acceptors (Lipinski definition) is 6. The molecule has 0 atom stereocenters. The van der Waals surface area contributed by atoms with Gasteiger partial charge in [0.25, 0.3) is 0 Å². The lowest BCUT2D eigenvalue weighted by molar-refractivity contribution is 0.886. The third kappa shape index (κ3) is 14.5. The number of hydrogen-bond donors (Lipinski definition) is 0. The quantitative estimate of drug-likeness (QED) is 0.0634. The van der Waals surface area contributed by atoms with Crippen molar-refractivity contribution in [2.24, 2.45) is 0 Å². The van der Waals surface area contributed by atoms with E-state index in [1.54, 1.807) is 0 Å². The maximum atomic E-state index is 2.49. The van der Waals surface area contributed by atoms with Crippen LogP contribution >= 0.6 is 0 Å². The van der Waals surface area contributed by atoms with E-state index >= 15 is 0 Å². The number of aromatic nitrogens is 2. The second-order valence-corrected chi connectivity index (χ2v) is 31.4. The average Bonchev–Trinajstić information content (AvgIpc) is 1.59. The molecular formula is C111H98N8. The number of benzene rings is 18. The van der Waals surface area contributed by atoms with Crippen LogP contribution in [0.2, 0.25) is 0 Å². The summed E-state index contributed by atoms with van der Waals surface area (Å²) < 4.78 is 4.90. The summed E-state index contributed by atoms with van der Waals surface area (Å²) in [7, 11) is 0. The lowest BCUT2D eigenvalue weighted by atomic mass is 10.1. The summed E-state index contributed by atoms with van der Waals surface area (Å²) in [6, 6.07) is 139. The SMILES string of the molecule is CCCN(c1ccc(-n2c3ccc(N(CCC)c4ccc5ccccc5c4)cc3c3cc(N(CCC)c4ccc5ccccc5c4)ccc32)cc1)c1ccc2ccccc2c1.CCN(c1ccc(-n2c3ccc(N(CC)c4ccc5ccccc5c4)cc3c3cc(N(CC)c4ccc5ccccc5c4)ccc32)cc1)c1ccc2ccccc2c1. The molecule has 582 valence electrons. The number of nitrogens with zero attached hydrogens (tertiary/aromatic N) is 8. The molecule has 0 saturated carbocycles. The van der Waals surface area contributed by atoms with Crippen LogP contribution < -0.4 is 29.4 Å². The molecular weight excluding hydrogens is 1450 g/mol. The highest BCUT2D eigenvalue weighted by atomic mass is 15.2. The van der Waals surface area contributed by atoms with E-state index < -0.39 is 0 Å². The predicted octanol–water partition coefficient (Wildman–Crippen LogP) is 30.6. The van der Waals surface area contributed by atoms with Gasteiger partial charge in [-0.3, -0.25) is 0 Å². The summed E-state index contributed by atoms with van der Waals surface area (Å²) in [6.07, 6.45) is 3.12. The van der Waals surface area contributed by atoms with Crippen LogP contribution in [0.4, 0.5) is 68.2 Å². The zero-order valence-corrected chi connectivity index (χ0v) is 68.7. The molecule has 0 amide bonds. The molecule has 2 aromatic heterocycles. The molecule has 8 nitrogen and oxygen atoms in total. The van der Waals surface area contributed by atoms with Gasteiger partial charge in [0.05, 0.1) is 22.1 Å². The molecule has 119 heavy (non-hydrogen) atoms. The lowest BCUT2D eigenvalue weighted by Crippen LogP contribution is -2.17. The second kappa shape index (κ2) is 32.9. The van der Waals surface area contributed by atoms with E-state index in [0.717, 1.165) is 69.9 Å². The highest BCUT2D eigenvalue weighted by molar-refractivity contribution is 6.14. The van der Waals surface area contributed by atoms with Gasteiger partial charge in [-0.25, -0.2) is 0 Å². The largest absolute Gasteiger partial charge is 0.342 e. The van der Waals surface area contributed by atoms with Crippen molar-refractivity contribution < 1.29 is 0 Å². The van der Waals surface area contributed by atoms with Crippen LogP contribution in [-0.4, -0.2) is 48.4 Å². The molecule has 20 rings (SSSR count). The summed E-state index contributed by atoms with van der Waals surface area (Å²) >= 11 is 0. The Morgan fingerprint density at radius 2 is 0.345 bits per heavy atom. The van der Waals surface area contributed by atoms with Crippen LogP contribution in [0.25, 0.3) is 120 Å². The molecule has 0 aliphatic carbocycles. The molecule has 0 N–H and O–H groups in total. The monoisotopic (exact) mass is 1540 g/mol. The van der Waals surface area contributed by atoms with Crippen molar-refractivity contribution >= 4 is 176 Å². The Labute approximate surface area is 698 Å². The average molecular weight is 1540 g/mol. The standard InChI is InChI=1S/C57H52N4.C54H46N4/c1-4-33-58(49-22-19-41-13-7-10-16-44(41)36-49)47-25-27-48(28-26-47)61-56-31-29-52(59(34-5-2)50-23-20-42-14-8-11-17-45(42)37-50)39-54(56)55-40-53(30-32-57(55)61)60(35-6-3)51-24-21-43-15-9-12-18-46(43)38-51;1-4-55(46-22-19-38-13-7-10-16-41(38)33-46)44-25-27-45(28-26-44)58-53-31-29-49(56(5-2)47-23-20-39-14-8-11-17-42(39)34-47)36-51(53)52-37-50(30-32-54(52)58)57(6-3)48-24-21-40-15-9-12-18-43(40)35-48/h7-32,36-40H,4-6,33-35H2,1-3H3;7-37H,4-6H2,1-3H3. The molecule has 20 aromatic rings. The van der Waals surface area contributed by atoms with Crippen molar-refractivity contribution in [1.29, 1.82) is 0 Å². The number of rotatable bonds is 23. The fourth-order valence-electron chi connectivity index (χ4n) is 18.3. The van der Waals surface area contributed by atoms with Gasteiger partial charge in [-0.2, -0.15) is 0 Å². The second-order valence-electron chi connectivity index (χ2n) is 31.4. The summed E-state index contributed by atoms with van der Waals surface area (Å²) in [6.45, 7) is 18.9. The maximum absolute atomic E-state index is 2.49. The van der Waals surface area contributed by atoms with Crippen molar-refractivity contribution in [2.45, 2.75) is 60.8 Å². The van der Waals surface area contributed by atoms with Crippen molar-refractivity contribution in [2.75, 3.05) is 68.7 Å². The lowest BCUT2D eigenvalue weighted by Gasteiger charge is -2.26. The van der Waals surface area contributed by atoms with Gasteiger partial charge < -0.3 is 38.5 Å². The Morgan fingerprint density at radius 1 is 0.168 bits per heavy atom. The van der Waals surface area contributed by atoms with Gasteiger partial charge in [0.1, 0.15) is 0 Å². The van der Waals surface area contributed by atoms with E-state index in [1.807, 2.05) is 0 Å². The van der Waals surface area contributed by atoms with Crippen LogP contribution in [0, 0.1) is 0 Å². The van der Waals surface area contributed by atoms with Crippen LogP contribution in [-0.2, 0) is 0 Å². The minimum absolute atomic E-state index is 0.853. The van der Waals surface area contributed by atoms with Crippen LogP contribution in [0.5, 0.6) is 0 Å². The van der Waals surface area contributed by atoms with E-state index in [0.29, 0.717) is 0 Å². The summed E-state index contributed by atoms with van der Waals surface area (Å²) in [5.74, 6) is 0. The van der Waals surface area contributed by atoms with Crippen LogP contribution in [0.1, 0.15) is 60.8 Å². The first kappa shape index (κ1) is 75.0. The highest BCUT2D eigenvalue weighted by Gasteiger charge is 2.23. The highest BCUT2D eigenvalue weighted by Crippen LogP contribution is 2.45.